The first-order chi connectivity index (χ1) is 9.04. The molecule has 1 amide bonds. The van der Waals surface area contributed by atoms with E-state index in [9.17, 15) is 4.79 Å². The highest BCUT2D eigenvalue weighted by atomic mass is 32.1. The van der Waals surface area contributed by atoms with E-state index in [1.54, 1.807) is 11.3 Å². The standard InChI is InChI=1S/C13H22N4OS/c1-10(14)7-13(18)17-5-3-16(4-6-17)9-12-8-15-11(2)19-12/h8,10H,3-7,9,14H2,1-2H3. The van der Waals surface area contributed by atoms with Gasteiger partial charge in [0, 0.05) is 56.3 Å². The average Bonchev–Trinajstić information content (AvgIpc) is 2.75. The van der Waals surface area contributed by atoms with Gasteiger partial charge >= 0.3 is 0 Å². The first kappa shape index (κ1) is 14.4. The molecule has 106 valence electrons. The van der Waals surface area contributed by atoms with Gasteiger partial charge in [-0.05, 0) is 13.8 Å². The van der Waals surface area contributed by atoms with Gasteiger partial charge < -0.3 is 10.6 Å². The summed E-state index contributed by atoms with van der Waals surface area (Å²) in [6.45, 7) is 8.33. The van der Waals surface area contributed by atoms with E-state index >= 15 is 0 Å². The zero-order valence-electron chi connectivity index (χ0n) is 11.6. The number of amides is 1. The monoisotopic (exact) mass is 282 g/mol. The number of rotatable bonds is 4. The van der Waals surface area contributed by atoms with Crippen molar-refractivity contribution in [1.29, 1.82) is 0 Å². The Labute approximate surface area is 118 Å². The third-order valence-electron chi connectivity index (χ3n) is 3.27. The third-order valence-corrected chi connectivity index (χ3v) is 4.17. The Kier molecular flexibility index (Phi) is 4.90. The van der Waals surface area contributed by atoms with Crippen LogP contribution >= 0.6 is 11.3 Å². The zero-order valence-corrected chi connectivity index (χ0v) is 12.4. The molecule has 6 heteroatoms. The molecule has 5 nitrogen and oxygen atoms in total. The lowest BCUT2D eigenvalue weighted by molar-refractivity contribution is -0.133. The number of carbonyl (C=O) groups is 1. The van der Waals surface area contributed by atoms with Crippen LogP contribution in [0.15, 0.2) is 6.20 Å². The number of aryl methyl sites for hydroxylation is 1. The molecule has 0 bridgehead atoms. The molecular formula is C13H22N4OS. The summed E-state index contributed by atoms with van der Waals surface area (Å²) < 4.78 is 0. The highest BCUT2D eigenvalue weighted by Crippen LogP contribution is 2.15. The maximum atomic E-state index is 11.9. The molecule has 1 saturated heterocycles. The summed E-state index contributed by atoms with van der Waals surface area (Å²) in [5, 5.41) is 1.11. The number of thiazole rings is 1. The van der Waals surface area contributed by atoms with Crippen LogP contribution in [0.3, 0.4) is 0 Å². The zero-order chi connectivity index (χ0) is 13.8. The normalized spacial score (nSPS) is 18.6. The molecule has 2 N–H and O–H groups in total. The lowest BCUT2D eigenvalue weighted by atomic mass is 10.2. The van der Waals surface area contributed by atoms with Crippen molar-refractivity contribution in [3.63, 3.8) is 0 Å². The van der Waals surface area contributed by atoms with Crippen molar-refractivity contribution in [2.45, 2.75) is 32.9 Å². The van der Waals surface area contributed by atoms with Crippen molar-refractivity contribution in [2.75, 3.05) is 26.2 Å². The Morgan fingerprint density at radius 3 is 2.68 bits per heavy atom. The first-order valence-corrected chi connectivity index (χ1v) is 7.53. The maximum Gasteiger partial charge on any atom is 0.224 e. The van der Waals surface area contributed by atoms with Crippen LogP contribution in [0.1, 0.15) is 23.2 Å². The number of carbonyl (C=O) groups excluding carboxylic acids is 1. The van der Waals surface area contributed by atoms with Crippen LogP contribution < -0.4 is 5.73 Å². The molecule has 0 aliphatic carbocycles. The van der Waals surface area contributed by atoms with E-state index in [-0.39, 0.29) is 11.9 Å². The molecule has 0 saturated carbocycles. The topological polar surface area (TPSA) is 62.5 Å². The minimum Gasteiger partial charge on any atom is -0.340 e. The largest absolute Gasteiger partial charge is 0.340 e. The highest BCUT2D eigenvalue weighted by molar-refractivity contribution is 7.11. The van der Waals surface area contributed by atoms with Crippen LogP contribution in [-0.2, 0) is 11.3 Å². The van der Waals surface area contributed by atoms with Crippen LogP contribution in [0.4, 0.5) is 0 Å². The van der Waals surface area contributed by atoms with Crippen molar-refractivity contribution in [3.05, 3.63) is 16.1 Å². The molecule has 0 spiro atoms. The van der Waals surface area contributed by atoms with Crippen molar-refractivity contribution >= 4 is 17.2 Å². The predicted molar refractivity (Wildman–Crippen MR) is 77.0 cm³/mol. The van der Waals surface area contributed by atoms with Crippen LogP contribution in [0.5, 0.6) is 0 Å². The fourth-order valence-electron chi connectivity index (χ4n) is 2.26. The molecule has 0 radical (unpaired) electrons. The fourth-order valence-corrected chi connectivity index (χ4v) is 3.10. The number of hydrogen-bond acceptors (Lipinski definition) is 5. The molecule has 1 aliphatic heterocycles. The smallest absolute Gasteiger partial charge is 0.224 e. The Bertz CT molecular complexity index is 424. The van der Waals surface area contributed by atoms with Gasteiger partial charge in [-0.25, -0.2) is 4.98 Å². The Balaban J connectivity index is 1.77. The summed E-state index contributed by atoms with van der Waals surface area (Å²) in [4.78, 5) is 21.8. The van der Waals surface area contributed by atoms with Crippen LogP contribution in [-0.4, -0.2) is 52.9 Å². The molecule has 19 heavy (non-hydrogen) atoms. The van der Waals surface area contributed by atoms with Gasteiger partial charge in [0.25, 0.3) is 0 Å². The van der Waals surface area contributed by atoms with Gasteiger partial charge in [-0.1, -0.05) is 0 Å². The van der Waals surface area contributed by atoms with Crippen molar-refractivity contribution in [3.8, 4) is 0 Å². The molecular weight excluding hydrogens is 260 g/mol. The summed E-state index contributed by atoms with van der Waals surface area (Å²) in [5.74, 6) is 0.184. The van der Waals surface area contributed by atoms with Crippen LogP contribution in [0, 0.1) is 6.92 Å². The summed E-state index contributed by atoms with van der Waals surface area (Å²) in [6, 6.07) is -0.0503. The van der Waals surface area contributed by atoms with Crippen LogP contribution in [0.25, 0.3) is 0 Å². The van der Waals surface area contributed by atoms with Crippen molar-refractivity contribution < 1.29 is 4.79 Å². The van der Waals surface area contributed by atoms with Gasteiger partial charge in [-0.2, -0.15) is 0 Å². The van der Waals surface area contributed by atoms with Gasteiger partial charge in [0.15, 0.2) is 0 Å². The summed E-state index contributed by atoms with van der Waals surface area (Å²) in [7, 11) is 0. The van der Waals surface area contributed by atoms with E-state index in [2.05, 4.69) is 9.88 Å². The first-order valence-electron chi connectivity index (χ1n) is 6.71. The number of hydrogen-bond donors (Lipinski definition) is 1. The lowest BCUT2D eigenvalue weighted by Gasteiger charge is -2.34. The summed E-state index contributed by atoms with van der Waals surface area (Å²) in [5.41, 5.74) is 5.67. The summed E-state index contributed by atoms with van der Waals surface area (Å²) >= 11 is 1.75. The van der Waals surface area contributed by atoms with E-state index in [1.807, 2.05) is 24.9 Å². The molecule has 1 atom stereocenters. The number of nitrogens with two attached hydrogens (primary N) is 1. The molecule has 2 rings (SSSR count). The van der Waals surface area contributed by atoms with E-state index in [4.69, 9.17) is 5.73 Å². The molecule has 0 aromatic carbocycles. The third kappa shape index (κ3) is 4.26. The van der Waals surface area contributed by atoms with Gasteiger partial charge in [0.05, 0.1) is 5.01 Å². The SMILES string of the molecule is Cc1ncc(CN2CCN(C(=O)CC(C)N)CC2)s1. The quantitative estimate of drug-likeness (QED) is 0.888. The second-order valence-corrected chi connectivity index (χ2v) is 6.50. The van der Waals surface area contributed by atoms with E-state index in [0.29, 0.717) is 6.42 Å². The van der Waals surface area contributed by atoms with E-state index in [1.165, 1.54) is 4.88 Å². The minimum atomic E-state index is -0.0503. The van der Waals surface area contributed by atoms with E-state index < -0.39 is 0 Å². The van der Waals surface area contributed by atoms with Crippen molar-refractivity contribution in [2.24, 2.45) is 5.73 Å². The minimum absolute atomic E-state index is 0.0503. The Morgan fingerprint density at radius 2 is 2.16 bits per heavy atom. The van der Waals surface area contributed by atoms with Gasteiger partial charge in [-0.3, -0.25) is 9.69 Å². The number of nitrogens with zero attached hydrogens (tertiary/aromatic N) is 3. The van der Waals surface area contributed by atoms with E-state index in [0.717, 1.165) is 37.7 Å². The van der Waals surface area contributed by atoms with Crippen molar-refractivity contribution in [1.82, 2.24) is 14.8 Å². The molecule has 1 aromatic heterocycles. The van der Waals surface area contributed by atoms with Gasteiger partial charge in [0.1, 0.15) is 0 Å². The van der Waals surface area contributed by atoms with Gasteiger partial charge in [-0.15, -0.1) is 11.3 Å². The second-order valence-electron chi connectivity index (χ2n) is 5.18. The second kappa shape index (κ2) is 6.45. The van der Waals surface area contributed by atoms with Gasteiger partial charge in [0.2, 0.25) is 5.91 Å². The lowest BCUT2D eigenvalue weighted by Crippen LogP contribution is -2.49. The Morgan fingerprint density at radius 1 is 1.47 bits per heavy atom. The molecule has 1 unspecified atom stereocenters. The predicted octanol–water partition coefficient (Wildman–Crippen LogP) is 0.833. The Hall–Kier alpha value is -0.980. The maximum absolute atomic E-state index is 11.9. The van der Waals surface area contributed by atoms with Crippen LogP contribution in [0.2, 0.25) is 0 Å². The number of aromatic nitrogens is 1. The average molecular weight is 282 g/mol. The molecule has 1 fully saturated rings. The molecule has 1 aliphatic rings. The molecule has 1 aromatic rings. The highest BCUT2D eigenvalue weighted by Gasteiger charge is 2.21. The fraction of sp³-hybridized carbons (Fsp3) is 0.692. The number of piperazine rings is 1. The summed E-state index contributed by atoms with van der Waals surface area (Å²) in [6.07, 6.45) is 2.40. The molecule has 2 heterocycles.